The molecule has 0 spiro atoms. The van der Waals surface area contributed by atoms with Crippen molar-refractivity contribution in [1.82, 2.24) is 15.0 Å². The van der Waals surface area contributed by atoms with E-state index in [9.17, 15) is 4.79 Å². The van der Waals surface area contributed by atoms with Crippen LogP contribution in [-0.4, -0.2) is 20.7 Å². The van der Waals surface area contributed by atoms with Gasteiger partial charge >= 0.3 is 0 Å². The van der Waals surface area contributed by atoms with E-state index in [1.54, 1.807) is 73.1 Å². The molecule has 1 aliphatic heterocycles. The number of benzene rings is 2. The van der Waals surface area contributed by atoms with Crippen LogP contribution < -0.4 is 14.8 Å². The lowest BCUT2D eigenvalue weighted by Gasteiger charge is -2.11. The summed E-state index contributed by atoms with van der Waals surface area (Å²) in [6.45, 7) is 1.82. The molecule has 0 unspecified atom stereocenters. The maximum Gasteiger partial charge on any atom is 0.232 e. The third-order valence-corrected chi connectivity index (χ3v) is 5.12. The molecule has 0 saturated heterocycles. The summed E-state index contributed by atoms with van der Waals surface area (Å²) >= 11 is 0. The molecule has 0 fully saturated rings. The summed E-state index contributed by atoms with van der Waals surface area (Å²) in [5.74, 6) is 1.63. The largest absolute Gasteiger partial charge is 0.452 e. The molecular weight excluding hydrogens is 430 g/mol. The van der Waals surface area contributed by atoms with Crippen molar-refractivity contribution in [2.24, 2.45) is 0 Å². The molecule has 0 radical (unpaired) electrons. The van der Waals surface area contributed by atoms with Gasteiger partial charge < -0.3 is 14.8 Å². The molecule has 0 aliphatic carbocycles. The van der Waals surface area contributed by atoms with Crippen LogP contribution in [0.5, 0.6) is 17.4 Å². The summed E-state index contributed by atoms with van der Waals surface area (Å²) in [5, 5.41) is 12.0. The fraction of sp³-hybridized carbons (Fsp3) is 0.0385. The number of aromatic nitrogens is 3. The van der Waals surface area contributed by atoms with Gasteiger partial charge in [-0.3, -0.25) is 9.78 Å². The van der Waals surface area contributed by atoms with E-state index in [1.807, 2.05) is 13.0 Å². The Morgan fingerprint density at radius 3 is 2.65 bits per heavy atom. The lowest BCUT2D eigenvalue weighted by Crippen LogP contribution is -1.99. The van der Waals surface area contributed by atoms with Crippen molar-refractivity contribution in [3.63, 3.8) is 0 Å². The van der Waals surface area contributed by atoms with E-state index in [-0.39, 0.29) is 11.5 Å². The van der Waals surface area contributed by atoms with Crippen molar-refractivity contribution in [3.8, 4) is 23.4 Å². The van der Waals surface area contributed by atoms with Crippen LogP contribution in [0.2, 0.25) is 0 Å². The van der Waals surface area contributed by atoms with Gasteiger partial charge in [-0.15, -0.1) is 0 Å². The van der Waals surface area contributed by atoms with Gasteiger partial charge in [0.2, 0.25) is 17.6 Å². The predicted molar refractivity (Wildman–Crippen MR) is 125 cm³/mol. The highest BCUT2D eigenvalue weighted by molar-refractivity contribution is 6.14. The molecular formula is C26H17N5O3. The Hall–Kier alpha value is -5.03. The van der Waals surface area contributed by atoms with Crippen LogP contribution >= 0.6 is 0 Å². The molecule has 1 N–H and O–H groups in total. The Morgan fingerprint density at radius 2 is 1.88 bits per heavy atom. The van der Waals surface area contributed by atoms with Gasteiger partial charge in [0.1, 0.15) is 11.5 Å². The Bertz CT molecular complexity index is 1460. The van der Waals surface area contributed by atoms with Gasteiger partial charge in [0.05, 0.1) is 22.9 Å². The number of nitriles is 1. The second-order valence-corrected chi connectivity index (χ2v) is 7.39. The van der Waals surface area contributed by atoms with Gasteiger partial charge in [-0.1, -0.05) is 6.07 Å². The fourth-order valence-electron chi connectivity index (χ4n) is 3.40. The van der Waals surface area contributed by atoms with Gasteiger partial charge in [-0.2, -0.15) is 10.2 Å². The minimum absolute atomic E-state index is 0.203. The lowest BCUT2D eigenvalue weighted by atomic mass is 10.1. The van der Waals surface area contributed by atoms with E-state index in [4.69, 9.17) is 14.7 Å². The molecule has 2 aromatic carbocycles. The molecule has 2 aromatic heterocycles. The Kier molecular flexibility index (Phi) is 5.42. The van der Waals surface area contributed by atoms with Crippen LogP contribution in [0.3, 0.4) is 0 Å². The molecule has 8 heteroatoms. The standard InChI is InChI=1S/C26H17N5O3/c1-16-21(10-9-20-24(32)22(34-25(16)20)14-19-4-2-3-12-28-19)33-23-11-13-29-26(31-23)30-18-7-5-17(15-27)6-8-18/h2-14H,1H3,(H,29,30,31)/b22-14-. The first-order chi connectivity index (χ1) is 16.6. The normalized spacial score (nSPS) is 13.2. The molecule has 164 valence electrons. The number of hydrogen-bond donors (Lipinski definition) is 1. The molecule has 1 aliphatic rings. The molecule has 0 amide bonds. The van der Waals surface area contributed by atoms with Crippen molar-refractivity contribution < 1.29 is 14.3 Å². The number of rotatable bonds is 5. The number of allylic oxidation sites excluding steroid dienone is 1. The van der Waals surface area contributed by atoms with Crippen molar-refractivity contribution in [3.05, 3.63) is 101 Å². The van der Waals surface area contributed by atoms with Crippen LogP contribution in [0.1, 0.15) is 27.2 Å². The first-order valence-corrected chi connectivity index (χ1v) is 10.4. The van der Waals surface area contributed by atoms with Crippen molar-refractivity contribution in [2.75, 3.05) is 5.32 Å². The van der Waals surface area contributed by atoms with E-state index in [1.165, 1.54) is 0 Å². The monoisotopic (exact) mass is 447 g/mol. The maximum absolute atomic E-state index is 12.8. The van der Waals surface area contributed by atoms with Gasteiger partial charge in [0.15, 0.2) is 5.76 Å². The molecule has 5 rings (SSSR count). The third-order valence-electron chi connectivity index (χ3n) is 5.12. The third kappa shape index (κ3) is 4.18. The predicted octanol–water partition coefficient (Wildman–Crippen LogP) is 5.20. The molecule has 8 nitrogen and oxygen atoms in total. The van der Waals surface area contributed by atoms with Gasteiger partial charge in [0.25, 0.3) is 0 Å². The second kappa shape index (κ2) is 8.84. The number of nitrogens with zero attached hydrogens (tertiary/aromatic N) is 4. The number of ether oxygens (including phenoxy) is 2. The lowest BCUT2D eigenvalue weighted by molar-refractivity contribution is 0.101. The Balaban J connectivity index is 1.36. The summed E-state index contributed by atoms with van der Waals surface area (Å²) in [4.78, 5) is 25.6. The number of Topliss-reactive ketones (excluding diaryl/α,β-unsaturated/α-hetero) is 1. The van der Waals surface area contributed by atoms with Gasteiger partial charge in [-0.05, 0) is 55.5 Å². The Morgan fingerprint density at radius 1 is 1.03 bits per heavy atom. The van der Waals surface area contributed by atoms with E-state index >= 15 is 0 Å². The number of nitrogens with one attached hydrogen (secondary N) is 1. The van der Waals surface area contributed by atoms with Crippen LogP contribution in [0.25, 0.3) is 6.08 Å². The van der Waals surface area contributed by atoms with Crippen LogP contribution in [0.4, 0.5) is 11.6 Å². The highest BCUT2D eigenvalue weighted by Gasteiger charge is 2.30. The summed E-state index contributed by atoms with van der Waals surface area (Å²) < 4.78 is 11.9. The quantitative estimate of drug-likeness (QED) is 0.416. The summed E-state index contributed by atoms with van der Waals surface area (Å²) in [6.07, 6.45) is 4.85. The molecule has 4 aromatic rings. The average Bonchev–Trinajstić information content (AvgIpc) is 3.18. The highest BCUT2D eigenvalue weighted by atomic mass is 16.5. The number of anilines is 2. The fourth-order valence-corrected chi connectivity index (χ4v) is 3.40. The number of ketones is 1. The van der Waals surface area contributed by atoms with E-state index in [0.29, 0.717) is 45.7 Å². The van der Waals surface area contributed by atoms with E-state index in [0.717, 1.165) is 5.69 Å². The molecule has 0 bridgehead atoms. The summed E-state index contributed by atoms with van der Waals surface area (Å²) in [6, 6.07) is 19.5. The maximum atomic E-state index is 12.8. The first kappa shape index (κ1) is 20.8. The van der Waals surface area contributed by atoms with Gasteiger partial charge in [-0.25, -0.2) is 4.98 Å². The molecule has 34 heavy (non-hydrogen) atoms. The SMILES string of the molecule is Cc1c(Oc2ccnc(Nc3ccc(C#N)cc3)n2)ccc2c1O/C(=C\c1ccccn1)C2=O. The number of hydrogen-bond acceptors (Lipinski definition) is 8. The van der Waals surface area contributed by atoms with Crippen molar-refractivity contribution in [2.45, 2.75) is 6.92 Å². The zero-order valence-electron chi connectivity index (χ0n) is 18.0. The van der Waals surface area contributed by atoms with Gasteiger partial charge in [0, 0.05) is 35.8 Å². The molecule has 3 heterocycles. The minimum atomic E-state index is -0.203. The number of pyridine rings is 1. The zero-order valence-corrected chi connectivity index (χ0v) is 18.0. The van der Waals surface area contributed by atoms with Crippen molar-refractivity contribution in [1.29, 1.82) is 5.26 Å². The Labute approximate surface area is 195 Å². The van der Waals surface area contributed by atoms with Crippen LogP contribution in [-0.2, 0) is 0 Å². The second-order valence-electron chi connectivity index (χ2n) is 7.39. The molecule has 0 saturated carbocycles. The van der Waals surface area contributed by atoms with Crippen LogP contribution in [0, 0.1) is 18.3 Å². The number of carbonyl (C=O) groups is 1. The summed E-state index contributed by atoms with van der Waals surface area (Å²) in [7, 11) is 0. The first-order valence-electron chi connectivity index (χ1n) is 10.4. The zero-order chi connectivity index (χ0) is 23.5. The average molecular weight is 447 g/mol. The van der Waals surface area contributed by atoms with E-state index < -0.39 is 0 Å². The number of carbonyl (C=O) groups excluding carboxylic acids is 1. The molecule has 0 atom stereocenters. The smallest absolute Gasteiger partial charge is 0.232 e. The van der Waals surface area contributed by atoms with Crippen LogP contribution in [0.15, 0.2) is 78.8 Å². The topological polar surface area (TPSA) is 110 Å². The van der Waals surface area contributed by atoms with Crippen molar-refractivity contribution >= 4 is 23.5 Å². The number of fused-ring (bicyclic) bond motifs is 1. The van der Waals surface area contributed by atoms with E-state index in [2.05, 4.69) is 26.3 Å². The summed E-state index contributed by atoms with van der Waals surface area (Å²) in [5.41, 5.74) is 3.09. The highest BCUT2D eigenvalue weighted by Crippen LogP contribution is 2.40. The minimum Gasteiger partial charge on any atom is -0.452 e.